The van der Waals surface area contributed by atoms with Gasteiger partial charge in [0.05, 0.1) is 0 Å². The van der Waals surface area contributed by atoms with E-state index in [0.29, 0.717) is 0 Å². The van der Waals surface area contributed by atoms with Crippen molar-refractivity contribution in [3.63, 3.8) is 0 Å². The molecule has 1 atom stereocenters. The number of benzene rings is 1. The first-order valence-electron chi connectivity index (χ1n) is 4.91. The lowest BCUT2D eigenvalue weighted by molar-refractivity contribution is 0.128. The van der Waals surface area contributed by atoms with E-state index in [9.17, 15) is 17.6 Å². The van der Waals surface area contributed by atoms with E-state index in [4.69, 9.17) is 10.8 Å². The van der Waals surface area contributed by atoms with Crippen LogP contribution in [-0.4, -0.2) is 11.7 Å². The van der Waals surface area contributed by atoms with Crippen LogP contribution in [0.25, 0.3) is 0 Å². The molecule has 3 N–H and O–H groups in total. The molecule has 0 aromatic heterocycles. The summed E-state index contributed by atoms with van der Waals surface area (Å²) in [5.74, 6) is -6.08. The second-order valence-electron chi connectivity index (χ2n) is 4.51. The standard InChI is InChI=1S/C11H13F4NO.ClH/c1-11(2,4-17)10(16)7-8(14)5(12)3-6(13)9(7)15;/h3,10,17H,4,16H2,1-2H3;1H/t10-;/m1./s1. The van der Waals surface area contributed by atoms with Gasteiger partial charge in [-0.1, -0.05) is 13.8 Å². The quantitative estimate of drug-likeness (QED) is 0.663. The summed E-state index contributed by atoms with van der Waals surface area (Å²) < 4.78 is 52.8. The van der Waals surface area contributed by atoms with Crippen LogP contribution in [0.4, 0.5) is 17.6 Å². The Morgan fingerprint density at radius 2 is 1.56 bits per heavy atom. The first-order chi connectivity index (χ1) is 7.72. The Labute approximate surface area is 108 Å². The van der Waals surface area contributed by atoms with Crippen molar-refractivity contribution in [2.45, 2.75) is 19.9 Å². The Hall–Kier alpha value is -0.850. The zero-order valence-corrected chi connectivity index (χ0v) is 10.6. The smallest absolute Gasteiger partial charge is 0.166 e. The van der Waals surface area contributed by atoms with Crippen LogP contribution in [0.5, 0.6) is 0 Å². The van der Waals surface area contributed by atoms with Crippen molar-refractivity contribution in [2.24, 2.45) is 11.1 Å². The lowest BCUT2D eigenvalue weighted by Gasteiger charge is -2.30. The van der Waals surface area contributed by atoms with Gasteiger partial charge in [0, 0.05) is 29.7 Å². The summed E-state index contributed by atoms with van der Waals surface area (Å²) in [6.07, 6.45) is 0. The third-order valence-corrected chi connectivity index (χ3v) is 2.71. The largest absolute Gasteiger partial charge is 0.396 e. The number of halogens is 5. The van der Waals surface area contributed by atoms with E-state index >= 15 is 0 Å². The van der Waals surface area contributed by atoms with Gasteiger partial charge in [-0.2, -0.15) is 0 Å². The predicted octanol–water partition coefficient (Wildman–Crippen LogP) is 2.68. The Morgan fingerprint density at radius 1 is 1.17 bits per heavy atom. The average molecular weight is 288 g/mol. The maximum atomic E-state index is 13.4. The molecule has 0 unspecified atom stereocenters. The van der Waals surface area contributed by atoms with Gasteiger partial charge in [-0.15, -0.1) is 12.4 Å². The van der Waals surface area contributed by atoms with Crippen LogP contribution in [-0.2, 0) is 0 Å². The van der Waals surface area contributed by atoms with E-state index < -0.39 is 46.9 Å². The molecule has 0 radical (unpaired) electrons. The van der Waals surface area contributed by atoms with Gasteiger partial charge < -0.3 is 10.8 Å². The van der Waals surface area contributed by atoms with Gasteiger partial charge in [-0.3, -0.25) is 0 Å². The first kappa shape index (κ1) is 17.2. The van der Waals surface area contributed by atoms with E-state index in [0.717, 1.165) is 0 Å². The minimum Gasteiger partial charge on any atom is -0.396 e. The van der Waals surface area contributed by atoms with Gasteiger partial charge in [0.1, 0.15) is 0 Å². The molecule has 0 aliphatic heterocycles. The minimum absolute atomic E-state index is 0. The number of nitrogens with two attached hydrogens (primary N) is 1. The summed E-state index contributed by atoms with van der Waals surface area (Å²) in [5.41, 5.74) is 3.55. The normalized spacial score (nSPS) is 13.1. The lowest BCUT2D eigenvalue weighted by atomic mass is 9.81. The minimum atomic E-state index is -1.53. The molecule has 0 saturated heterocycles. The van der Waals surface area contributed by atoms with Crippen LogP contribution in [0.3, 0.4) is 0 Å². The molecule has 104 valence electrons. The van der Waals surface area contributed by atoms with Gasteiger partial charge in [-0.25, -0.2) is 17.6 Å². The topological polar surface area (TPSA) is 46.2 Å². The van der Waals surface area contributed by atoms with Crippen molar-refractivity contribution < 1.29 is 22.7 Å². The molecule has 1 aromatic rings. The molecule has 1 aromatic carbocycles. The number of aliphatic hydroxyl groups is 1. The Balaban J connectivity index is 0.00000289. The highest BCUT2D eigenvalue weighted by molar-refractivity contribution is 5.85. The van der Waals surface area contributed by atoms with Crippen LogP contribution in [0.15, 0.2) is 6.07 Å². The highest BCUT2D eigenvalue weighted by Crippen LogP contribution is 2.35. The second-order valence-corrected chi connectivity index (χ2v) is 4.51. The molecule has 0 bridgehead atoms. The van der Waals surface area contributed by atoms with Crippen LogP contribution < -0.4 is 5.73 Å². The van der Waals surface area contributed by atoms with Crippen LogP contribution in [0.1, 0.15) is 25.5 Å². The molecule has 0 amide bonds. The molecule has 0 aliphatic rings. The van der Waals surface area contributed by atoms with Crippen LogP contribution in [0.2, 0.25) is 0 Å². The predicted molar refractivity (Wildman–Crippen MR) is 61.3 cm³/mol. The Kier molecular flexibility index (Phi) is 5.58. The zero-order chi connectivity index (χ0) is 13.4. The van der Waals surface area contributed by atoms with Crippen LogP contribution >= 0.6 is 12.4 Å². The van der Waals surface area contributed by atoms with E-state index in [1.807, 2.05) is 0 Å². The molecule has 0 aliphatic carbocycles. The summed E-state index contributed by atoms with van der Waals surface area (Å²) in [4.78, 5) is 0. The number of rotatable bonds is 3. The average Bonchev–Trinajstić information content (AvgIpc) is 2.26. The van der Waals surface area contributed by atoms with E-state index in [-0.39, 0.29) is 18.5 Å². The SMILES string of the molecule is CC(C)(CO)[C@H](N)c1c(F)c(F)cc(F)c1F.Cl. The first-order valence-corrected chi connectivity index (χ1v) is 4.91. The molecule has 0 heterocycles. The van der Waals surface area contributed by atoms with E-state index in [2.05, 4.69) is 0 Å². The Morgan fingerprint density at radius 3 is 1.89 bits per heavy atom. The fraction of sp³-hybridized carbons (Fsp3) is 0.455. The Bertz CT molecular complexity index is 413. The highest BCUT2D eigenvalue weighted by Gasteiger charge is 2.33. The molecular formula is C11H14ClF4NO. The summed E-state index contributed by atoms with van der Waals surface area (Å²) in [6.45, 7) is 2.38. The monoisotopic (exact) mass is 287 g/mol. The van der Waals surface area contributed by atoms with Gasteiger partial charge in [0.25, 0.3) is 0 Å². The van der Waals surface area contributed by atoms with Crippen molar-refractivity contribution >= 4 is 12.4 Å². The maximum Gasteiger partial charge on any atom is 0.166 e. The van der Waals surface area contributed by atoms with Crippen molar-refractivity contribution in [1.82, 2.24) is 0 Å². The highest BCUT2D eigenvalue weighted by atomic mass is 35.5. The fourth-order valence-corrected chi connectivity index (χ4v) is 1.35. The third-order valence-electron chi connectivity index (χ3n) is 2.71. The summed E-state index contributed by atoms with van der Waals surface area (Å²) in [6, 6.07) is -1.25. The maximum absolute atomic E-state index is 13.4. The van der Waals surface area contributed by atoms with Crippen LogP contribution in [0, 0.1) is 28.7 Å². The molecule has 2 nitrogen and oxygen atoms in total. The molecule has 0 saturated carbocycles. The molecule has 7 heteroatoms. The van der Waals surface area contributed by atoms with Crippen molar-refractivity contribution in [3.05, 3.63) is 34.9 Å². The number of hydrogen-bond donors (Lipinski definition) is 2. The number of aliphatic hydroxyl groups excluding tert-OH is 1. The number of hydrogen-bond acceptors (Lipinski definition) is 2. The van der Waals surface area contributed by atoms with Crippen molar-refractivity contribution in [2.75, 3.05) is 6.61 Å². The summed E-state index contributed by atoms with van der Waals surface area (Å²) in [5, 5.41) is 9.03. The zero-order valence-electron chi connectivity index (χ0n) is 9.81. The van der Waals surface area contributed by atoms with Crippen molar-refractivity contribution in [1.29, 1.82) is 0 Å². The lowest BCUT2D eigenvalue weighted by Crippen LogP contribution is -2.34. The summed E-state index contributed by atoms with van der Waals surface area (Å²) in [7, 11) is 0. The van der Waals surface area contributed by atoms with Gasteiger partial charge in [-0.05, 0) is 0 Å². The molecule has 0 spiro atoms. The fourth-order valence-electron chi connectivity index (χ4n) is 1.35. The second kappa shape index (κ2) is 5.86. The summed E-state index contributed by atoms with van der Waals surface area (Å²) >= 11 is 0. The van der Waals surface area contributed by atoms with Gasteiger partial charge >= 0.3 is 0 Å². The van der Waals surface area contributed by atoms with E-state index in [1.54, 1.807) is 0 Å². The molecule has 18 heavy (non-hydrogen) atoms. The molecule has 1 rings (SSSR count). The third kappa shape index (κ3) is 2.93. The van der Waals surface area contributed by atoms with E-state index in [1.165, 1.54) is 13.8 Å². The van der Waals surface area contributed by atoms with Gasteiger partial charge in [0.15, 0.2) is 23.3 Å². The molecular weight excluding hydrogens is 274 g/mol. The molecule has 0 fully saturated rings. The van der Waals surface area contributed by atoms with Crippen molar-refractivity contribution in [3.8, 4) is 0 Å². The van der Waals surface area contributed by atoms with Gasteiger partial charge in [0.2, 0.25) is 0 Å².